The van der Waals surface area contributed by atoms with Crippen LogP contribution >= 0.6 is 22.4 Å². The summed E-state index contributed by atoms with van der Waals surface area (Å²) < 4.78 is 40.7. The lowest BCUT2D eigenvalue weighted by Gasteiger charge is -2.32. The first-order valence-corrected chi connectivity index (χ1v) is 13.8. The quantitative estimate of drug-likeness (QED) is 0.140. The molecule has 0 radical (unpaired) electrons. The van der Waals surface area contributed by atoms with E-state index in [4.69, 9.17) is 19.0 Å². The van der Waals surface area contributed by atoms with Crippen LogP contribution in [0.2, 0.25) is 0 Å². The van der Waals surface area contributed by atoms with Crippen LogP contribution < -0.4 is 11.2 Å². The van der Waals surface area contributed by atoms with E-state index in [9.17, 15) is 38.7 Å². The zero-order valence-corrected chi connectivity index (χ0v) is 19.4. The summed E-state index contributed by atoms with van der Waals surface area (Å²) in [6, 6.07) is 0.945. The number of aromatic nitrogens is 2. The highest BCUT2D eigenvalue weighted by Crippen LogP contribution is 2.66. The number of hydrogen-bond acceptors (Lipinski definition) is 11. The first-order valence-electron chi connectivity index (χ1n) is 8.20. The fourth-order valence-electron chi connectivity index (χ4n) is 2.73. The molecule has 1 unspecified atom stereocenters. The first-order chi connectivity index (χ1) is 14.4. The molecule has 182 valence electrons. The molecule has 2 rings (SSSR count). The lowest BCUT2D eigenvalue weighted by molar-refractivity contribution is -0.0869. The number of ether oxygens (including phenoxy) is 1. The molecule has 1 fully saturated rings. The van der Waals surface area contributed by atoms with Gasteiger partial charge in [-0.1, -0.05) is 6.58 Å². The van der Waals surface area contributed by atoms with Crippen LogP contribution in [0.5, 0.6) is 0 Å². The fourth-order valence-corrected chi connectivity index (χ4v) is 6.70. The van der Waals surface area contributed by atoms with E-state index in [-0.39, 0.29) is 5.57 Å². The lowest BCUT2D eigenvalue weighted by atomic mass is 9.87. The second kappa shape index (κ2) is 9.41. The number of nitrogens with one attached hydrogen (secondary N) is 1. The maximum atomic E-state index is 12.1. The molecule has 0 amide bonds. The van der Waals surface area contributed by atoms with E-state index < -0.39 is 64.3 Å². The summed E-state index contributed by atoms with van der Waals surface area (Å²) >= 11 is 4.47. The van der Waals surface area contributed by atoms with Crippen molar-refractivity contribution in [2.45, 2.75) is 31.0 Å². The number of aliphatic hydroxyl groups excluding tert-OH is 1. The number of nitrogens with zero attached hydrogens (tertiary/aromatic N) is 1. The highest BCUT2D eigenvalue weighted by atomic mass is 32.5. The molecule has 1 saturated heterocycles. The Balaban J connectivity index is 2.24. The van der Waals surface area contributed by atoms with E-state index in [1.54, 1.807) is 0 Å². The molecule has 16 nitrogen and oxygen atoms in total. The minimum Gasteiger partial charge on any atom is -0.387 e. The van der Waals surface area contributed by atoms with Gasteiger partial charge in [-0.25, -0.2) is 18.2 Å². The van der Waals surface area contributed by atoms with E-state index in [1.165, 1.54) is 6.92 Å². The molecule has 20 heteroatoms. The predicted octanol–water partition coefficient (Wildman–Crippen LogP) is -1.44. The topological polar surface area (TPSA) is 247 Å². The van der Waals surface area contributed by atoms with Crippen LogP contribution in [0.3, 0.4) is 0 Å². The SMILES string of the molecule is C=C(C)[C@@]1(O)[C@H](O)[C@@H](CO[P@@](O)(=S)OP(=O)(O)OP(=O)(O)O)O[C@H]1n1ccc(=O)[nH]c1=O. The van der Waals surface area contributed by atoms with E-state index >= 15 is 0 Å². The second-order valence-corrected chi connectivity index (χ2v) is 12.3. The summed E-state index contributed by atoms with van der Waals surface area (Å²) in [7, 11) is -11.1. The minimum atomic E-state index is -5.56. The number of H-pyrrole nitrogens is 1. The maximum absolute atomic E-state index is 12.1. The average Bonchev–Trinajstić information content (AvgIpc) is 2.83. The molecule has 32 heavy (non-hydrogen) atoms. The van der Waals surface area contributed by atoms with E-state index in [2.05, 4.69) is 27.0 Å². The zero-order valence-electron chi connectivity index (χ0n) is 15.9. The summed E-state index contributed by atoms with van der Waals surface area (Å²) in [5, 5.41) is 21.5. The molecular weight excluding hydrogens is 521 g/mol. The van der Waals surface area contributed by atoms with Gasteiger partial charge < -0.3 is 39.0 Å². The van der Waals surface area contributed by atoms with Crippen LogP contribution in [-0.4, -0.2) is 63.8 Å². The summed E-state index contributed by atoms with van der Waals surface area (Å²) in [6.45, 7) is -0.757. The molecule has 0 aromatic carbocycles. The van der Waals surface area contributed by atoms with E-state index in [1.807, 2.05) is 4.98 Å². The van der Waals surface area contributed by atoms with E-state index in [0.717, 1.165) is 16.8 Å². The van der Waals surface area contributed by atoms with Gasteiger partial charge >= 0.3 is 28.1 Å². The summed E-state index contributed by atoms with van der Waals surface area (Å²) in [5.41, 5.74) is -4.11. The Hall–Kier alpha value is -0.870. The van der Waals surface area contributed by atoms with Gasteiger partial charge in [-0.3, -0.25) is 14.3 Å². The lowest BCUT2D eigenvalue weighted by Crippen LogP contribution is -2.49. The molecule has 0 aliphatic carbocycles. The largest absolute Gasteiger partial charge is 0.488 e. The predicted molar refractivity (Wildman–Crippen MR) is 107 cm³/mol. The van der Waals surface area contributed by atoms with Crippen molar-refractivity contribution in [2.24, 2.45) is 0 Å². The molecule has 1 aromatic rings. The Morgan fingerprint density at radius 3 is 2.41 bits per heavy atom. The Morgan fingerprint density at radius 1 is 1.31 bits per heavy atom. The average molecular weight is 540 g/mol. The number of aliphatic hydroxyl groups is 2. The van der Waals surface area contributed by atoms with Gasteiger partial charge in [-0.15, -0.1) is 0 Å². The number of phosphoric acid groups is 2. The van der Waals surface area contributed by atoms with Crippen molar-refractivity contribution in [3.8, 4) is 0 Å². The van der Waals surface area contributed by atoms with Crippen LogP contribution in [0.4, 0.5) is 0 Å². The van der Waals surface area contributed by atoms with Gasteiger partial charge in [0.15, 0.2) is 11.8 Å². The monoisotopic (exact) mass is 540 g/mol. The van der Waals surface area contributed by atoms with Crippen LogP contribution in [0.15, 0.2) is 34.0 Å². The van der Waals surface area contributed by atoms with Crippen LogP contribution in [0.1, 0.15) is 13.2 Å². The van der Waals surface area contributed by atoms with Crippen molar-refractivity contribution < 1.29 is 56.8 Å². The Morgan fingerprint density at radius 2 is 1.91 bits per heavy atom. The number of hydrogen-bond donors (Lipinski definition) is 7. The van der Waals surface area contributed by atoms with Gasteiger partial charge in [0.05, 0.1) is 6.61 Å². The Labute approximate surface area is 183 Å². The van der Waals surface area contributed by atoms with Crippen molar-refractivity contribution in [2.75, 3.05) is 6.61 Å². The molecule has 0 bridgehead atoms. The second-order valence-electron chi connectivity index (χ2n) is 6.48. The van der Waals surface area contributed by atoms with E-state index in [0.29, 0.717) is 0 Å². The molecule has 1 aliphatic heterocycles. The molecule has 0 spiro atoms. The molecular formula is C12H19N2O14P3S. The van der Waals surface area contributed by atoms with Gasteiger partial charge in [0.1, 0.15) is 12.2 Å². The van der Waals surface area contributed by atoms with Crippen molar-refractivity contribution in [1.29, 1.82) is 0 Å². The van der Waals surface area contributed by atoms with Gasteiger partial charge in [0.2, 0.25) is 0 Å². The molecule has 2 heterocycles. The van der Waals surface area contributed by atoms with Gasteiger partial charge in [-0.2, -0.15) is 4.31 Å². The molecule has 6 atom stereocenters. The standard InChI is InChI=1S/C12H19N2O14P3S/c1-6(2)12(18)9(16)7(26-10(12)14-4-3-8(15)13-11(14)17)5-25-31(24,32)28-30(22,23)27-29(19,20)21/h3-4,7,9-10,16,18H,1,5H2,2H3,(H,22,23)(H,24,32)(H,13,15,17)(H2,19,20,21)/t7-,9-,10-,12-,31-/m1/s1. The smallest absolute Gasteiger partial charge is 0.387 e. The summed E-state index contributed by atoms with van der Waals surface area (Å²) in [4.78, 5) is 61.6. The highest BCUT2D eigenvalue weighted by Gasteiger charge is 2.57. The third kappa shape index (κ3) is 6.38. The molecule has 1 aliphatic rings. The third-order valence-electron chi connectivity index (χ3n) is 4.09. The Kier molecular flexibility index (Phi) is 8.05. The van der Waals surface area contributed by atoms with Crippen LogP contribution in [0, 0.1) is 0 Å². The Bertz CT molecular complexity index is 1140. The van der Waals surface area contributed by atoms with Gasteiger partial charge in [0.25, 0.3) is 5.56 Å². The van der Waals surface area contributed by atoms with Crippen molar-refractivity contribution >= 4 is 34.2 Å². The normalized spacial score (nSPS) is 29.9. The van der Waals surface area contributed by atoms with Gasteiger partial charge in [-0.05, 0) is 24.3 Å². The number of aromatic amines is 1. The van der Waals surface area contributed by atoms with Crippen molar-refractivity contribution in [3.05, 3.63) is 45.3 Å². The molecule has 1 aromatic heterocycles. The van der Waals surface area contributed by atoms with Gasteiger partial charge in [0, 0.05) is 12.3 Å². The van der Waals surface area contributed by atoms with Crippen LogP contribution in [-0.2, 0) is 38.8 Å². The number of rotatable bonds is 9. The zero-order chi connectivity index (χ0) is 24.7. The third-order valence-corrected chi connectivity index (χ3v) is 8.81. The van der Waals surface area contributed by atoms with Crippen molar-refractivity contribution in [1.82, 2.24) is 9.55 Å². The van der Waals surface area contributed by atoms with Crippen molar-refractivity contribution in [3.63, 3.8) is 0 Å². The molecule has 7 N–H and O–H groups in total. The highest BCUT2D eigenvalue weighted by molar-refractivity contribution is 8.08. The minimum absolute atomic E-state index is 0.0646. The summed E-state index contributed by atoms with van der Waals surface area (Å²) in [5.74, 6) is 0. The fraction of sp³-hybridized carbons (Fsp3) is 0.500. The first kappa shape index (κ1) is 27.4. The maximum Gasteiger partial charge on any atom is 0.488 e. The molecule has 0 saturated carbocycles. The summed E-state index contributed by atoms with van der Waals surface area (Å²) in [6.07, 6.45) is -4.05. The van der Waals surface area contributed by atoms with Crippen LogP contribution in [0.25, 0.3) is 0 Å².